The van der Waals surface area contributed by atoms with Gasteiger partial charge in [-0.1, -0.05) is 127 Å². The normalized spacial score (nSPS) is 11.9. The maximum Gasteiger partial charge on any atom is 0.160 e. The molecule has 3 heterocycles. The van der Waals surface area contributed by atoms with Crippen LogP contribution in [0.5, 0.6) is 0 Å². The number of nitrogens with zero attached hydrogens (tertiary/aromatic N) is 2. The quantitative estimate of drug-likeness (QED) is 0.186. The molecule has 0 saturated heterocycles. The number of furan rings is 1. The van der Waals surface area contributed by atoms with Crippen molar-refractivity contribution >= 4 is 65.6 Å². The summed E-state index contributed by atoms with van der Waals surface area (Å²) >= 11 is 0. The minimum absolute atomic E-state index is 0.905. The first-order chi connectivity index (χ1) is 25.3. The van der Waals surface area contributed by atoms with Gasteiger partial charge in [-0.25, -0.2) is 0 Å². The van der Waals surface area contributed by atoms with E-state index in [2.05, 4.69) is 185 Å². The molecule has 0 aliphatic rings. The molecule has 0 N–H and O–H groups in total. The summed E-state index contributed by atoms with van der Waals surface area (Å²) in [7, 11) is 0. The maximum atomic E-state index is 6.66. The van der Waals surface area contributed by atoms with Crippen LogP contribution in [0.3, 0.4) is 0 Å². The van der Waals surface area contributed by atoms with Gasteiger partial charge in [0.1, 0.15) is 5.58 Å². The van der Waals surface area contributed by atoms with Crippen molar-refractivity contribution in [2.24, 2.45) is 0 Å². The Labute approximate surface area is 293 Å². The van der Waals surface area contributed by atoms with Gasteiger partial charge < -0.3 is 13.6 Å². The molecule has 8 aromatic carbocycles. The molecule has 0 amide bonds. The van der Waals surface area contributed by atoms with E-state index in [1.54, 1.807) is 0 Å². The third-order valence-corrected chi connectivity index (χ3v) is 10.5. The second kappa shape index (κ2) is 10.8. The molecule has 0 saturated carbocycles. The molecule has 0 aliphatic carbocycles. The molecular formula is C48H30N2O. The molecule has 11 aromatic rings. The minimum atomic E-state index is 0.905. The first-order valence-electron chi connectivity index (χ1n) is 17.4. The third kappa shape index (κ3) is 4.19. The SMILES string of the molecule is c1ccc(-c2ccc(-c3cccc(-n4c5ccccc5c5cc6c7ccc8c9ccccc9oc8c7n(-c7ccccc7)c6cc54)c3)cc2)cc1. The second-order valence-corrected chi connectivity index (χ2v) is 13.3. The smallest absolute Gasteiger partial charge is 0.160 e. The van der Waals surface area contributed by atoms with E-state index in [0.29, 0.717) is 0 Å². The van der Waals surface area contributed by atoms with E-state index < -0.39 is 0 Å². The van der Waals surface area contributed by atoms with Crippen molar-refractivity contribution in [2.45, 2.75) is 0 Å². The summed E-state index contributed by atoms with van der Waals surface area (Å²) in [5.74, 6) is 0. The molecule has 238 valence electrons. The van der Waals surface area contributed by atoms with Gasteiger partial charge in [-0.3, -0.25) is 0 Å². The van der Waals surface area contributed by atoms with E-state index in [4.69, 9.17) is 4.42 Å². The molecule has 0 fully saturated rings. The summed E-state index contributed by atoms with van der Waals surface area (Å²) in [6, 6.07) is 65.4. The van der Waals surface area contributed by atoms with Crippen LogP contribution in [0.25, 0.3) is 99.2 Å². The van der Waals surface area contributed by atoms with Crippen molar-refractivity contribution in [1.29, 1.82) is 0 Å². The number of hydrogen-bond donors (Lipinski definition) is 0. The fourth-order valence-corrected chi connectivity index (χ4v) is 8.17. The third-order valence-electron chi connectivity index (χ3n) is 10.5. The van der Waals surface area contributed by atoms with Crippen LogP contribution in [0.1, 0.15) is 0 Å². The molecule has 0 atom stereocenters. The van der Waals surface area contributed by atoms with Gasteiger partial charge in [0.05, 0.1) is 22.1 Å². The highest BCUT2D eigenvalue weighted by atomic mass is 16.3. The predicted octanol–water partition coefficient (Wildman–Crippen LogP) is 13.1. The summed E-state index contributed by atoms with van der Waals surface area (Å²) < 4.78 is 11.5. The minimum Gasteiger partial charge on any atom is -0.454 e. The van der Waals surface area contributed by atoms with Crippen LogP contribution in [0.2, 0.25) is 0 Å². The van der Waals surface area contributed by atoms with Gasteiger partial charge in [-0.05, 0) is 76.9 Å². The predicted molar refractivity (Wildman–Crippen MR) is 213 cm³/mol. The molecule has 0 radical (unpaired) electrons. The lowest BCUT2D eigenvalue weighted by atomic mass is 10.00. The lowest BCUT2D eigenvalue weighted by molar-refractivity contribution is 0.671. The first-order valence-corrected chi connectivity index (χ1v) is 17.4. The van der Waals surface area contributed by atoms with Crippen molar-refractivity contribution in [1.82, 2.24) is 9.13 Å². The highest BCUT2D eigenvalue weighted by Crippen LogP contribution is 2.43. The Bertz CT molecular complexity index is 3110. The zero-order valence-corrected chi connectivity index (χ0v) is 27.6. The monoisotopic (exact) mass is 650 g/mol. The number of hydrogen-bond acceptors (Lipinski definition) is 1. The molecule has 11 rings (SSSR count). The molecule has 0 spiro atoms. The lowest BCUT2D eigenvalue weighted by Crippen LogP contribution is -1.96. The highest BCUT2D eigenvalue weighted by molar-refractivity contribution is 6.24. The van der Waals surface area contributed by atoms with Crippen molar-refractivity contribution in [3.8, 4) is 33.6 Å². The Hall–Kier alpha value is -6.84. The number of para-hydroxylation sites is 3. The fraction of sp³-hybridized carbons (Fsp3) is 0. The Morgan fingerprint density at radius 3 is 1.73 bits per heavy atom. The topological polar surface area (TPSA) is 23.0 Å². The zero-order chi connectivity index (χ0) is 33.5. The van der Waals surface area contributed by atoms with Crippen molar-refractivity contribution in [3.05, 3.63) is 182 Å². The van der Waals surface area contributed by atoms with Gasteiger partial charge >= 0.3 is 0 Å². The van der Waals surface area contributed by atoms with Gasteiger partial charge in [0.15, 0.2) is 5.58 Å². The molecular weight excluding hydrogens is 621 g/mol. The zero-order valence-electron chi connectivity index (χ0n) is 27.6. The molecule has 3 nitrogen and oxygen atoms in total. The Morgan fingerprint density at radius 1 is 0.314 bits per heavy atom. The summed E-state index contributed by atoms with van der Waals surface area (Å²) in [4.78, 5) is 0. The van der Waals surface area contributed by atoms with Crippen LogP contribution in [-0.4, -0.2) is 9.13 Å². The van der Waals surface area contributed by atoms with Gasteiger partial charge in [0.25, 0.3) is 0 Å². The van der Waals surface area contributed by atoms with Crippen LogP contribution in [-0.2, 0) is 0 Å². The van der Waals surface area contributed by atoms with Crippen LogP contribution < -0.4 is 0 Å². The second-order valence-electron chi connectivity index (χ2n) is 13.3. The number of benzene rings is 8. The van der Waals surface area contributed by atoms with Crippen LogP contribution in [0, 0.1) is 0 Å². The summed E-state index contributed by atoms with van der Waals surface area (Å²) in [5.41, 5.74) is 13.5. The first kappa shape index (κ1) is 28.0. The molecule has 3 heteroatoms. The fourth-order valence-electron chi connectivity index (χ4n) is 8.17. The van der Waals surface area contributed by atoms with Crippen LogP contribution in [0.4, 0.5) is 0 Å². The molecule has 0 unspecified atom stereocenters. The molecule has 3 aromatic heterocycles. The molecule has 51 heavy (non-hydrogen) atoms. The summed E-state index contributed by atoms with van der Waals surface area (Å²) in [6.45, 7) is 0. The Morgan fingerprint density at radius 2 is 0.902 bits per heavy atom. The average molecular weight is 651 g/mol. The largest absolute Gasteiger partial charge is 0.454 e. The van der Waals surface area contributed by atoms with Crippen LogP contribution in [0.15, 0.2) is 186 Å². The van der Waals surface area contributed by atoms with E-state index in [1.807, 2.05) is 6.07 Å². The number of aromatic nitrogens is 2. The highest BCUT2D eigenvalue weighted by Gasteiger charge is 2.22. The summed E-state index contributed by atoms with van der Waals surface area (Å²) in [6.07, 6.45) is 0. The van der Waals surface area contributed by atoms with Gasteiger partial charge in [-0.2, -0.15) is 0 Å². The number of rotatable bonds is 4. The van der Waals surface area contributed by atoms with Gasteiger partial charge in [-0.15, -0.1) is 0 Å². The van der Waals surface area contributed by atoms with Crippen molar-refractivity contribution < 1.29 is 4.42 Å². The van der Waals surface area contributed by atoms with Gasteiger partial charge in [0, 0.05) is 43.7 Å². The number of fused-ring (bicyclic) bond motifs is 10. The average Bonchev–Trinajstić information content (AvgIpc) is 3.85. The van der Waals surface area contributed by atoms with E-state index in [0.717, 1.165) is 44.3 Å². The Kier molecular flexibility index (Phi) is 5.96. The van der Waals surface area contributed by atoms with E-state index in [-0.39, 0.29) is 0 Å². The standard InChI is InChI=1S/C48H30N2O/c1-3-12-31(13-4-1)32-22-24-33(25-23-32)34-14-11-17-36(28-34)49-43-20-9-7-18-37(43)41-29-42-39-26-27-40-38-19-8-10-21-46(38)51-48(40)47(39)50(45(42)30-44(41)49)35-15-5-2-6-16-35/h1-30H. The van der Waals surface area contributed by atoms with Crippen molar-refractivity contribution in [2.75, 3.05) is 0 Å². The van der Waals surface area contributed by atoms with Crippen LogP contribution >= 0.6 is 0 Å². The van der Waals surface area contributed by atoms with E-state index in [1.165, 1.54) is 54.8 Å². The Balaban J connectivity index is 1.18. The maximum absolute atomic E-state index is 6.66. The van der Waals surface area contributed by atoms with Crippen molar-refractivity contribution in [3.63, 3.8) is 0 Å². The van der Waals surface area contributed by atoms with Gasteiger partial charge in [0.2, 0.25) is 0 Å². The van der Waals surface area contributed by atoms with E-state index >= 15 is 0 Å². The lowest BCUT2D eigenvalue weighted by Gasteiger charge is -2.12. The molecule has 0 aliphatic heterocycles. The molecule has 0 bridgehead atoms. The van der Waals surface area contributed by atoms with E-state index in [9.17, 15) is 0 Å². The summed E-state index contributed by atoms with van der Waals surface area (Å²) in [5, 5.41) is 7.12.